The van der Waals surface area contributed by atoms with E-state index in [1.807, 2.05) is 55.5 Å². The molecule has 0 amide bonds. The molecule has 2 aromatic carbocycles. The number of rotatable bonds is 6. The molecule has 0 heterocycles. The van der Waals surface area contributed by atoms with Crippen molar-refractivity contribution in [2.45, 2.75) is 13.5 Å². The standard InChI is InChI=1S/C17H18ClN3OS/c1-2-19-17(23)21-20-11-13-7-4-6-10-16(13)22-12-14-8-3-5-9-15(14)18/h3-11H,2,12H2,1H3,(H2,19,21,23). The number of halogens is 1. The van der Waals surface area contributed by atoms with Gasteiger partial charge in [-0.3, -0.25) is 5.43 Å². The highest BCUT2D eigenvalue weighted by atomic mass is 35.5. The first kappa shape index (κ1) is 17.2. The highest BCUT2D eigenvalue weighted by Gasteiger charge is 2.03. The first-order valence-electron chi connectivity index (χ1n) is 7.23. The van der Waals surface area contributed by atoms with Crippen molar-refractivity contribution in [2.24, 2.45) is 5.10 Å². The second-order valence-electron chi connectivity index (χ2n) is 4.65. The molecule has 0 atom stereocenters. The summed E-state index contributed by atoms with van der Waals surface area (Å²) in [7, 11) is 0. The van der Waals surface area contributed by atoms with E-state index in [0.717, 1.165) is 23.4 Å². The Morgan fingerprint density at radius 1 is 1.22 bits per heavy atom. The molecule has 0 unspecified atom stereocenters. The number of hydrogen-bond donors (Lipinski definition) is 2. The Labute approximate surface area is 146 Å². The number of nitrogens with one attached hydrogen (secondary N) is 2. The van der Waals surface area contributed by atoms with Gasteiger partial charge in [-0.15, -0.1) is 0 Å². The number of ether oxygens (including phenoxy) is 1. The van der Waals surface area contributed by atoms with E-state index in [1.54, 1.807) is 6.21 Å². The topological polar surface area (TPSA) is 45.7 Å². The van der Waals surface area contributed by atoms with E-state index in [-0.39, 0.29) is 0 Å². The second-order valence-corrected chi connectivity index (χ2v) is 5.46. The van der Waals surface area contributed by atoms with E-state index in [9.17, 15) is 0 Å². The number of benzene rings is 2. The molecule has 0 bridgehead atoms. The molecule has 0 aromatic heterocycles. The molecule has 23 heavy (non-hydrogen) atoms. The molecule has 0 aliphatic rings. The fraction of sp³-hybridized carbons (Fsp3) is 0.176. The molecule has 2 N–H and O–H groups in total. The lowest BCUT2D eigenvalue weighted by Crippen LogP contribution is -2.31. The van der Waals surface area contributed by atoms with Crippen LogP contribution < -0.4 is 15.5 Å². The van der Waals surface area contributed by atoms with Gasteiger partial charge < -0.3 is 10.1 Å². The van der Waals surface area contributed by atoms with Gasteiger partial charge in [0, 0.05) is 22.7 Å². The minimum atomic E-state index is 0.397. The quantitative estimate of drug-likeness (QED) is 0.475. The summed E-state index contributed by atoms with van der Waals surface area (Å²) in [5.74, 6) is 0.729. The Hall–Kier alpha value is -2.11. The normalized spacial score (nSPS) is 10.5. The molecule has 0 aliphatic heterocycles. The highest BCUT2D eigenvalue weighted by Crippen LogP contribution is 2.20. The van der Waals surface area contributed by atoms with Crippen LogP contribution in [0.1, 0.15) is 18.1 Å². The van der Waals surface area contributed by atoms with Crippen LogP contribution in [0.2, 0.25) is 5.02 Å². The third kappa shape index (κ3) is 5.54. The van der Waals surface area contributed by atoms with E-state index < -0.39 is 0 Å². The lowest BCUT2D eigenvalue weighted by atomic mass is 10.2. The molecule has 0 fully saturated rings. The minimum absolute atomic E-state index is 0.397. The van der Waals surface area contributed by atoms with Crippen molar-refractivity contribution in [3.05, 3.63) is 64.7 Å². The Morgan fingerprint density at radius 2 is 1.96 bits per heavy atom. The molecule has 0 spiro atoms. The van der Waals surface area contributed by atoms with Crippen molar-refractivity contribution in [3.63, 3.8) is 0 Å². The summed E-state index contributed by atoms with van der Waals surface area (Å²) >= 11 is 11.2. The maximum absolute atomic E-state index is 6.14. The van der Waals surface area contributed by atoms with E-state index in [0.29, 0.717) is 16.7 Å². The first-order valence-corrected chi connectivity index (χ1v) is 8.01. The predicted octanol–water partition coefficient (Wildman–Crippen LogP) is 3.74. The van der Waals surface area contributed by atoms with Gasteiger partial charge >= 0.3 is 0 Å². The van der Waals surface area contributed by atoms with Gasteiger partial charge in [-0.25, -0.2) is 0 Å². The summed E-state index contributed by atoms with van der Waals surface area (Å²) < 4.78 is 5.86. The number of hydrogen-bond acceptors (Lipinski definition) is 3. The molecule has 0 saturated heterocycles. The van der Waals surface area contributed by atoms with Crippen LogP contribution in [0.25, 0.3) is 0 Å². The third-order valence-corrected chi connectivity index (χ3v) is 3.57. The van der Waals surface area contributed by atoms with Crippen LogP contribution in [-0.4, -0.2) is 17.9 Å². The zero-order chi connectivity index (χ0) is 16.5. The maximum atomic E-state index is 6.14. The van der Waals surface area contributed by atoms with Gasteiger partial charge in [0.2, 0.25) is 0 Å². The summed E-state index contributed by atoms with van der Waals surface area (Å²) in [6.45, 7) is 3.11. The summed E-state index contributed by atoms with van der Waals surface area (Å²) in [6.07, 6.45) is 1.67. The fourth-order valence-corrected chi connectivity index (χ4v) is 2.24. The van der Waals surface area contributed by atoms with Gasteiger partial charge in [-0.05, 0) is 37.3 Å². The van der Waals surface area contributed by atoms with Crippen LogP contribution in [0.3, 0.4) is 0 Å². The van der Waals surface area contributed by atoms with E-state index in [2.05, 4.69) is 15.8 Å². The number of nitrogens with zero attached hydrogens (tertiary/aromatic N) is 1. The molecule has 0 aliphatic carbocycles. The van der Waals surface area contributed by atoms with Crippen LogP contribution in [0, 0.1) is 0 Å². The van der Waals surface area contributed by atoms with E-state index in [4.69, 9.17) is 28.6 Å². The number of para-hydroxylation sites is 1. The molecule has 4 nitrogen and oxygen atoms in total. The molecular formula is C17H18ClN3OS. The van der Waals surface area contributed by atoms with Gasteiger partial charge in [0.1, 0.15) is 12.4 Å². The summed E-state index contributed by atoms with van der Waals surface area (Å²) in [5, 5.41) is 8.24. The first-order chi connectivity index (χ1) is 11.2. The molecule has 6 heteroatoms. The lowest BCUT2D eigenvalue weighted by Gasteiger charge is -2.10. The zero-order valence-corrected chi connectivity index (χ0v) is 14.3. The van der Waals surface area contributed by atoms with Crippen LogP contribution in [0.15, 0.2) is 53.6 Å². The SMILES string of the molecule is CCNC(=S)NN=Cc1ccccc1OCc1ccccc1Cl. The average Bonchev–Trinajstić information content (AvgIpc) is 2.55. The summed E-state index contributed by atoms with van der Waals surface area (Å²) in [6, 6.07) is 15.3. The molecule has 120 valence electrons. The van der Waals surface area contributed by atoms with Crippen molar-refractivity contribution in [2.75, 3.05) is 6.54 Å². The van der Waals surface area contributed by atoms with Crippen LogP contribution in [-0.2, 0) is 6.61 Å². The number of thiocarbonyl (C=S) groups is 1. The van der Waals surface area contributed by atoms with Crippen molar-refractivity contribution in [1.82, 2.24) is 10.7 Å². The van der Waals surface area contributed by atoms with Gasteiger partial charge in [-0.1, -0.05) is 41.9 Å². The molecule has 2 aromatic rings. The Bertz CT molecular complexity index is 691. The maximum Gasteiger partial charge on any atom is 0.186 e. The second kappa shape index (κ2) is 9.12. The van der Waals surface area contributed by atoms with Crippen molar-refractivity contribution >= 4 is 35.1 Å². The van der Waals surface area contributed by atoms with Gasteiger partial charge in [0.15, 0.2) is 5.11 Å². The van der Waals surface area contributed by atoms with Crippen molar-refractivity contribution in [3.8, 4) is 5.75 Å². The predicted molar refractivity (Wildman–Crippen MR) is 99.2 cm³/mol. The largest absolute Gasteiger partial charge is 0.488 e. The minimum Gasteiger partial charge on any atom is -0.488 e. The Morgan fingerprint density at radius 3 is 2.74 bits per heavy atom. The van der Waals surface area contributed by atoms with Crippen LogP contribution in [0.5, 0.6) is 5.75 Å². The Kier molecular flexibility index (Phi) is 6.84. The van der Waals surface area contributed by atoms with E-state index >= 15 is 0 Å². The zero-order valence-electron chi connectivity index (χ0n) is 12.8. The summed E-state index contributed by atoms with van der Waals surface area (Å²) in [4.78, 5) is 0. The van der Waals surface area contributed by atoms with Gasteiger partial charge in [0.05, 0.1) is 6.21 Å². The Balaban J connectivity index is 2.01. The van der Waals surface area contributed by atoms with Gasteiger partial charge in [0.25, 0.3) is 0 Å². The van der Waals surface area contributed by atoms with Crippen molar-refractivity contribution < 1.29 is 4.74 Å². The molecule has 2 rings (SSSR count). The highest BCUT2D eigenvalue weighted by molar-refractivity contribution is 7.80. The van der Waals surface area contributed by atoms with Crippen molar-refractivity contribution in [1.29, 1.82) is 0 Å². The van der Waals surface area contributed by atoms with Crippen LogP contribution >= 0.6 is 23.8 Å². The smallest absolute Gasteiger partial charge is 0.186 e. The fourth-order valence-electron chi connectivity index (χ4n) is 1.85. The third-order valence-electron chi connectivity index (χ3n) is 2.97. The summed E-state index contributed by atoms with van der Waals surface area (Å²) in [5.41, 5.74) is 4.55. The monoisotopic (exact) mass is 347 g/mol. The lowest BCUT2D eigenvalue weighted by molar-refractivity contribution is 0.306. The van der Waals surface area contributed by atoms with E-state index in [1.165, 1.54) is 0 Å². The molecule has 0 radical (unpaired) electrons. The van der Waals surface area contributed by atoms with Gasteiger partial charge in [-0.2, -0.15) is 5.10 Å². The van der Waals surface area contributed by atoms with Crippen LogP contribution in [0.4, 0.5) is 0 Å². The average molecular weight is 348 g/mol. The number of hydrazone groups is 1. The molecule has 0 saturated carbocycles. The molecular weight excluding hydrogens is 330 g/mol.